The minimum Gasteiger partial charge on any atom is -0.253 e. The lowest BCUT2D eigenvalue weighted by molar-refractivity contribution is 0.408. The van der Waals surface area contributed by atoms with E-state index in [4.69, 9.17) is 11.6 Å². The van der Waals surface area contributed by atoms with Gasteiger partial charge in [-0.3, -0.25) is 4.68 Å². The van der Waals surface area contributed by atoms with Crippen molar-refractivity contribution in [1.82, 2.24) is 14.8 Å². The molecule has 0 aliphatic heterocycles. The number of alkyl halides is 1. The zero-order chi connectivity index (χ0) is 9.84. The lowest BCUT2D eigenvalue weighted by Gasteiger charge is -2.16. The lowest BCUT2D eigenvalue weighted by Crippen LogP contribution is -2.16. The van der Waals surface area contributed by atoms with Crippen LogP contribution in [0.25, 0.3) is 0 Å². The lowest BCUT2D eigenvalue weighted by atomic mass is 9.94. The third kappa shape index (κ3) is 2.69. The molecule has 1 aromatic heterocycles. The van der Waals surface area contributed by atoms with Crippen LogP contribution in [0.15, 0.2) is 6.33 Å². The zero-order valence-corrected chi connectivity index (χ0v) is 9.12. The first-order valence-corrected chi connectivity index (χ1v) is 5.07. The second-order valence-electron chi connectivity index (χ2n) is 3.66. The Hall–Kier alpha value is -0.570. The molecule has 0 amide bonds. The number of nitrogens with zero attached hydrogens (tertiary/aromatic N) is 3. The third-order valence-electron chi connectivity index (χ3n) is 2.39. The normalized spacial score (nSPS) is 13.6. The largest absolute Gasteiger partial charge is 0.253 e. The molecule has 0 aliphatic rings. The Bertz CT molecular complexity index is 257. The SMILES string of the molecule is CC(C)C(CCl)Cc1ncnn1C. The molecule has 1 heterocycles. The van der Waals surface area contributed by atoms with Crippen molar-refractivity contribution in [3.05, 3.63) is 12.2 Å². The maximum absolute atomic E-state index is 5.87. The van der Waals surface area contributed by atoms with Gasteiger partial charge in [0.05, 0.1) is 0 Å². The number of hydrogen-bond donors (Lipinski definition) is 0. The number of aromatic nitrogens is 3. The van der Waals surface area contributed by atoms with Crippen LogP contribution in [0, 0.1) is 11.8 Å². The Balaban J connectivity index is 2.62. The van der Waals surface area contributed by atoms with Gasteiger partial charge in [-0.2, -0.15) is 5.10 Å². The van der Waals surface area contributed by atoms with E-state index in [1.54, 1.807) is 6.33 Å². The number of aryl methyl sites for hydroxylation is 1. The van der Waals surface area contributed by atoms with E-state index in [1.807, 2.05) is 11.7 Å². The van der Waals surface area contributed by atoms with Crippen LogP contribution in [-0.2, 0) is 13.5 Å². The average molecular weight is 202 g/mol. The quantitative estimate of drug-likeness (QED) is 0.697. The molecule has 0 saturated carbocycles. The molecule has 1 unspecified atom stereocenters. The van der Waals surface area contributed by atoms with Gasteiger partial charge in [0.1, 0.15) is 12.2 Å². The minimum atomic E-state index is 0.490. The monoisotopic (exact) mass is 201 g/mol. The highest BCUT2D eigenvalue weighted by Gasteiger charge is 2.15. The zero-order valence-electron chi connectivity index (χ0n) is 8.37. The maximum atomic E-state index is 5.87. The summed E-state index contributed by atoms with van der Waals surface area (Å²) in [6.07, 6.45) is 2.50. The van der Waals surface area contributed by atoms with E-state index in [9.17, 15) is 0 Å². The molecule has 0 N–H and O–H groups in total. The van der Waals surface area contributed by atoms with Crippen molar-refractivity contribution >= 4 is 11.6 Å². The molecule has 0 spiro atoms. The van der Waals surface area contributed by atoms with Crippen molar-refractivity contribution in [2.24, 2.45) is 18.9 Å². The highest BCUT2D eigenvalue weighted by molar-refractivity contribution is 6.18. The van der Waals surface area contributed by atoms with E-state index in [2.05, 4.69) is 23.9 Å². The number of halogens is 1. The molecule has 0 aliphatic carbocycles. The summed E-state index contributed by atoms with van der Waals surface area (Å²) in [6, 6.07) is 0. The first-order chi connectivity index (χ1) is 6.15. The van der Waals surface area contributed by atoms with Gasteiger partial charge in [0.2, 0.25) is 0 Å². The predicted molar refractivity (Wildman–Crippen MR) is 53.8 cm³/mol. The average Bonchev–Trinajstić information content (AvgIpc) is 2.46. The van der Waals surface area contributed by atoms with Crippen LogP contribution in [0.5, 0.6) is 0 Å². The summed E-state index contributed by atoms with van der Waals surface area (Å²) in [5.74, 6) is 2.78. The topological polar surface area (TPSA) is 30.7 Å². The minimum absolute atomic E-state index is 0.490. The van der Waals surface area contributed by atoms with Crippen LogP contribution in [0.1, 0.15) is 19.7 Å². The van der Waals surface area contributed by atoms with E-state index >= 15 is 0 Å². The summed E-state index contributed by atoms with van der Waals surface area (Å²) in [4.78, 5) is 4.18. The molecular formula is C9H16ClN3. The summed E-state index contributed by atoms with van der Waals surface area (Å²) < 4.78 is 1.81. The van der Waals surface area contributed by atoms with Crippen LogP contribution in [0.4, 0.5) is 0 Å². The van der Waals surface area contributed by atoms with Gasteiger partial charge in [0.15, 0.2) is 0 Å². The fourth-order valence-electron chi connectivity index (χ4n) is 1.21. The molecule has 74 valence electrons. The maximum Gasteiger partial charge on any atom is 0.138 e. The van der Waals surface area contributed by atoms with E-state index in [0.717, 1.165) is 12.2 Å². The highest BCUT2D eigenvalue weighted by atomic mass is 35.5. The second-order valence-corrected chi connectivity index (χ2v) is 3.97. The van der Waals surface area contributed by atoms with E-state index in [-0.39, 0.29) is 0 Å². The third-order valence-corrected chi connectivity index (χ3v) is 2.79. The Morgan fingerprint density at radius 3 is 2.62 bits per heavy atom. The van der Waals surface area contributed by atoms with Crippen LogP contribution >= 0.6 is 11.6 Å². The molecule has 1 rings (SSSR count). The molecule has 0 bridgehead atoms. The molecule has 1 aromatic rings. The smallest absolute Gasteiger partial charge is 0.138 e. The molecule has 4 heteroatoms. The molecule has 13 heavy (non-hydrogen) atoms. The van der Waals surface area contributed by atoms with Crippen molar-refractivity contribution < 1.29 is 0 Å². The van der Waals surface area contributed by atoms with E-state index in [1.165, 1.54) is 0 Å². The summed E-state index contributed by atoms with van der Waals surface area (Å²) >= 11 is 5.87. The van der Waals surface area contributed by atoms with E-state index in [0.29, 0.717) is 17.7 Å². The summed E-state index contributed by atoms with van der Waals surface area (Å²) in [6.45, 7) is 4.37. The van der Waals surface area contributed by atoms with Crippen LogP contribution in [0.2, 0.25) is 0 Å². The molecule has 0 aromatic carbocycles. The Labute approximate surface area is 84.1 Å². The van der Waals surface area contributed by atoms with Gasteiger partial charge in [0, 0.05) is 19.3 Å². The van der Waals surface area contributed by atoms with Gasteiger partial charge < -0.3 is 0 Å². The van der Waals surface area contributed by atoms with Gasteiger partial charge >= 0.3 is 0 Å². The summed E-state index contributed by atoms with van der Waals surface area (Å²) in [7, 11) is 1.91. The van der Waals surface area contributed by atoms with Crippen LogP contribution in [0.3, 0.4) is 0 Å². The van der Waals surface area contributed by atoms with Crippen LogP contribution < -0.4 is 0 Å². The molecule has 3 nitrogen and oxygen atoms in total. The van der Waals surface area contributed by atoms with Gasteiger partial charge in [-0.25, -0.2) is 4.98 Å². The van der Waals surface area contributed by atoms with E-state index < -0.39 is 0 Å². The van der Waals surface area contributed by atoms with Gasteiger partial charge in [-0.1, -0.05) is 13.8 Å². The highest BCUT2D eigenvalue weighted by Crippen LogP contribution is 2.16. The van der Waals surface area contributed by atoms with Crippen molar-refractivity contribution in [2.45, 2.75) is 20.3 Å². The Kier molecular flexibility index (Phi) is 3.72. The fourth-order valence-corrected chi connectivity index (χ4v) is 1.67. The van der Waals surface area contributed by atoms with Crippen molar-refractivity contribution in [3.63, 3.8) is 0 Å². The van der Waals surface area contributed by atoms with Crippen molar-refractivity contribution in [3.8, 4) is 0 Å². The molecule has 1 atom stereocenters. The molecule has 0 saturated heterocycles. The number of hydrogen-bond acceptors (Lipinski definition) is 2. The van der Waals surface area contributed by atoms with Crippen molar-refractivity contribution in [2.75, 3.05) is 5.88 Å². The Morgan fingerprint density at radius 1 is 1.54 bits per heavy atom. The van der Waals surface area contributed by atoms with Gasteiger partial charge in [0.25, 0.3) is 0 Å². The standard InChI is InChI=1S/C9H16ClN3/c1-7(2)8(5-10)4-9-11-6-12-13(9)3/h6-8H,4-5H2,1-3H3. The molecule has 0 radical (unpaired) electrons. The molecular weight excluding hydrogens is 186 g/mol. The summed E-state index contributed by atoms with van der Waals surface area (Å²) in [5.41, 5.74) is 0. The summed E-state index contributed by atoms with van der Waals surface area (Å²) in [5, 5.41) is 4.03. The van der Waals surface area contributed by atoms with Crippen LogP contribution in [-0.4, -0.2) is 20.6 Å². The van der Waals surface area contributed by atoms with Crippen molar-refractivity contribution in [1.29, 1.82) is 0 Å². The Morgan fingerprint density at radius 2 is 2.23 bits per heavy atom. The second kappa shape index (κ2) is 4.61. The fraction of sp³-hybridized carbons (Fsp3) is 0.778. The molecule has 0 fully saturated rings. The number of rotatable bonds is 4. The predicted octanol–water partition coefficient (Wildman–Crippen LogP) is 1.87. The first kappa shape index (κ1) is 10.5. The first-order valence-electron chi connectivity index (χ1n) is 4.54. The van der Waals surface area contributed by atoms with Gasteiger partial charge in [-0.05, 0) is 11.8 Å². The van der Waals surface area contributed by atoms with Gasteiger partial charge in [-0.15, -0.1) is 11.6 Å².